The summed E-state index contributed by atoms with van der Waals surface area (Å²) in [5.74, 6) is -0.772. The Kier molecular flexibility index (Phi) is 4.71. The van der Waals surface area contributed by atoms with E-state index in [0.717, 1.165) is 0 Å². The molecule has 1 rings (SSSR count). The number of esters is 1. The van der Waals surface area contributed by atoms with Gasteiger partial charge in [0.1, 0.15) is 12.3 Å². The Labute approximate surface area is 106 Å². The lowest BCUT2D eigenvalue weighted by Gasteiger charge is -2.25. The van der Waals surface area contributed by atoms with Crippen molar-refractivity contribution in [2.75, 3.05) is 13.7 Å². The second kappa shape index (κ2) is 6.05. The minimum atomic E-state index is -0.475. The highest BCUT2D eigenvalue weighted by atomic mass is 16.5. The number of benzene rings is 1. The Balaban J connectivity index is 2.93. The molecule has 1 N–H and O–H groups in total. The molecule has 0 radical (unpaired) electrons. The van der Waals surface area contributed by atoms with E-state index < -0.39 is 5.97 Å². The molecule has 0 aliphatic heterocycles. The molecule has 0 spiro atoms. The largest absolute Gasteiger partial charge is 0.508 e. The van der Waals surface area contributed by atoms with Crippen LogP contribution in [0.15, 0.2) is 24.3 Å². The van der Waals surface area contributed by atoms with Gasteiger partial charge in [-0.15, -0.1) is 0 Å². The minimum Gasteiger partial charge on any atom is -0.508 e. The van der Waals surface area contributed by atoms with Gasteiger partial charge in [-0.25, -0.2) is 0 Å². The van der Waals surface area contributed by atoms with Crippen molar-refractivity contribution < 1.29 is 19.4 Å². The molecule has 0 aliphatic rings. The zero-order chi connectivity index (χ0) is 13.7. The van der Waals surface area contributed by atoms with Crippen LogP contribution in [-0.4, -0.2) is 41.6 Å². The lowest BCUT2D eigenvalue weighted by atomic mass is 10.1. The van der Waals surface area contributed by atoms with Gasteiger partial charge in [0.05, 0.1) is 7.11 Å². The van der Waals surface area contributed by atoms with Crippen molar-refractivity contribution in [1.82, 2.24) is 4.90 Å². The predicted molar refractivity (Wildman–Crippen MR) is 66.3 cm³/mol. The lowest BCUT2D eigenvalue weighted by Crippen LogP contribution is -2.41. The molecule has 5 heteroatoms. The number of phenols is 1. The molecule has 18 heavy (non-hydrogen) atoms. The van der Waals surface area contributed by atoms with Crippen molar-refractivity contribution in [2.45, 2.75) is 19.9 Å². The molecule has 98 valence electrons. The van der Waals surface area contributed by atoms with E-state index in [1.54, 1.807) is 12.1 Å². The standard InChI is InChI=1S/C13H17NO4/c1-9(2)14(8-12(16)18-3)13(17)10-5-4-6-11(15)7-10/h4-7,9,15H,8H2,1-3H3. The van der Waals surface area contributed by atoms with Crippen molar-refractivity contribution in [3.05, 3.63) is 29.8 Å². The maximum atomic E-state index is 12.2. The molecule has 5 nitrogen and oxygen atoms in total. The van der Waals surface area contributed by atoms with E-state index in [1.807, 2.05) is 13.8 Å². The van der Waals surface area contributed by atoms with Gasteiger partial charge in [-0.2, -0.15) is 0 Å². The Bertz CT molecular complexity index is 442. The summed E-state index contributed by atoms with van der Waals surface area (Å²) in [5, 5.41) is 9.35. The van der Waals surface area contributed by atoms with Crippen molar-refractivity contribution in [1.29, 1.82) is 0 Å². The van der Waals surface area contributed by atoms with E-state index in [1.165, 1.54) is 24.1 Å². The van der Waals surface area contributed by atoms with Gasteiger partial charge in [0.25, 0.3) is 5.91 Å². The lowest BCUT2D eigenvalue weighted by molar-refractivity contribution is -0.141. The maximum Gasteiger partial charge on any atom is 0.325 e. The fourth-order valence-electron chi connectivity index (χ4n) is 1.50. The second-order valence-electron chi connectivity index (χ2n) is 4.15. The summed E-state index contributed by atoms with van der Waals surface area (Å²) >= 11 is 0. The first kappa shape index (κ1) is 14.0. The monoisotopic (exact) mass is 251 g/mol. The van der Waals surface area contributed by atoms with Crippen molar-refractivity contribution >= 4 is 11.9 Å². The number of carbonyl (C=O) groups excluding carboxylic acids is 2. The van der Waals surface area contributed by atoms with Crippen LogP contribution in [0.5, 0.6) is 5.75 Å². The number of methoxy groups -OCH3 is 1. The molecule has 0 saturated carbocycles. The molecule has 0 heterocycles. The number of nitrogens with zero attached hydrogens (tertiary/aromatic N) is 1. The van der Waals surface area contributed by atoms with Gasteiger partial charge in [-0.1, -0.05) is 6.07 Å². The van der Waals surface area contributed by atoms with Crippen LogP contribution in [0.2, 0.25) is 0 Å². The van der Waals surface area contributed by atoms with Crippen LogP contribution in [0, 0.1) is 0 Å². The SMILES string of the molecule is COC(=O)CN(C(=O)c1cccc(O)c1)C(C)C. The van der Waals surface area contributed by atoms with Crippen molar-refractivity contribution in [3.63, 3.8) is 0 Å². The van der Waals surface area contributed by atoms with E-state index >= 15 is 0 Å². The first-order valence-corrected chi connectivity index (χ1v) is 5.62. The Morgan fingerprint density at radius 1 is 1.39 bits per heavy atom. The molecule has 0 aliphatic carbocycles. The summed E-state index contributed by atoms with van der Waals surface area (Å²) in [7, 11) is 1.28. The summed E-state index contributed by atoms with van der Waals surface area (Å²) in [4.78, 5) is 24.9. The Morgan fingerprint density at radius 2 is 2.06 bits per heavy atom. The van der Waals surface area contributed by atoms with Gasteiger partial charge in [0.15, 0.2) is 0 Å². The van der Waals surface area contributed by atoms with Gasteiger partial charge in [-0.05, 0) is 32.0 Å². The quantitative estimate of drug-likeness (QED) is 0.822. The maximum absolute atomic E-state index is 12.2. The Hall–Kier alpha value is -2.04. The first-order valence-electron chi connectivity index (χ1n) is 5.62. The van der Waals surface area contributed by atoms with Crippen molar-refractivity contribution in [2.24, 2.45) is 0 Å². The zero-order valence-electron chi connectivity index (χ0n) is 10.7. The Morgan fingerprint density at radius 3 is 2.56 bits per heavy atom. The average Bonchev–Trinajstić information content (AvgIpc) is 2.34. The normalized spacial score (nSPS) is 10.2. The molecular formula is C13H17NO4. The summed E-state index contributed by atoms with van der Waals surface area (Å²) < 4.78 is 4.56. The van der Waals surface area contributed by atoms with E-state index in [9.17, 15) is 14.7 Å². The highest BCUT2D eigenvalue weighted by Gasteiger charge is 2.21. The number of phenolic OH excluding ortho intramolecular Hbond substituents is 1. The number of aromatic hydroxyl groups is 1. The van der Waals surface area contributed by atoms with Gasteiger partial charge in [0.2, 0.25) is 0 Å². The smallest absolute Gasteiger partial charge is 0.325 e. The first-order chi connectivity index (χ1) is 8.45. The number of carbonyl (C=O) groups is 2. The highest BCUT2D eigenvalue weighted by Crippen LogP contribution is 2.14. The number of amides is 1. The third-order valence-corrected chi connectivity index (χ3v) is 2.50. The summed E-state index contributed by atoms with van der Waals surface area (Å²) in [5.41, 5.74) is 0.340. The van der Waals surface area contributed by atoms with Gasteiger partial charge in [0, 0.05) is 11.6 Å². The highest BCUT2D eigenvalue weighted by molar-refractivity contribution is 5.96. The van der Waals surface area contributed by atoms with E-state index in [0.29, 0.717) is 5.56 Å². The summed E-state index contributed by atoms with van der Waals surface area (Å²) in [6.07, 6.45) is 0. The van der Waals surface area contributed by atoms with E-state index in [4.69, 9.17) is 0 Å². The van der Waals surface area contributed by atoms with Crippen LogP contribution >= 0.6 is 0 Å². The third-order valence-electron chi connectivity index (χ3n) is 2.50. The fraction of sp³-hybridized carbons (Fsp3) is 0.385. The number of hydrogen-bond acceptors (Lipinski definition) is 4. The molecular weight excluding hydrogens is 234 g/mol. The van der Waals surface area contributed by atoms with Gasteiger partial charge >= 0.3 is 5.97 Å². The van der Waals surface area contributed by atoms with E-state index in [-0.39, 0.29) is 24.2 Å². The van der Waals surface area contributed by atoms with Crippen molar-refractivity contribution in [3.8, 4) is 5.75 Å². The van der Waals surface area contributed by atoms with Gasteiger partial charge < -0.3 is 14.7 Å². The molecule has 0 bridgehead atoms. The third kappa shape index (κ3) is 3.48. The molecule has 0 fully saturated rings. The fourth-order valence-corrected chi connectivity index (χ4v) is 1.50. The van der Waals surface area contributed by atoms with Crippen LogP contribution in [0.25, 0.3) is 0 Å². The number of hydrogen-bond donors (Lipinski definition) is 1. The molecule has 1 aromatic rings. The molecule has 0 atom stereocenters. The van der Waals surface area contributed by atoms with Crippen LogP contribution in [0.1, 0.15) is 24.2 Å². The minimum absolute atomic E-state index is 0.0163. The second-order valence-corrected chi connectivity index (χ2v) is 4.15. The van der Waals surface area contributed by atoms with Crippen LogP contribution in [0.3, 0.4) is 0 Å². The van der Waals surface area contributed by atoms with Crippen LogP contribution in [-0.2, 0) is 9.53 Å². The zero-order valence-corrected chi connectivity index (χ0v) is 10.7. The number of ether oxygens (including phenoxy) is 1. The molecule has 1 aromatic carbocycles. The predicted octanol–water partition coefficient (Wildman–Crippen LogP) is 1.42. The van der Waals surface area contributed by atoms with Gasteiger partial charge in [-0.3, -0.25) is 9.59 Å². The summed E-state index contributed by atoms with van der Waals surface area (Å²) in [6, 6.07) is 5.89. The number of rotatable bonds is 4. The topological polar surface area (TPSA) is 66.8 Å². The summed E-state index contributed by atoms with van der Waals surface area (Å²) in [6.45, 7) is 3.51. The van der Waals surface area contributed by atoms with Crippen LogP contribution < -0.4 is 0 Å². The molecule has 0 aromatic heterocycles. The molecule has 0 unspecified atom stereocenters. The average molecular weight is 251 g/mol. The molecule has 0 saturated heterocycles. The van der Waals surface area contributed by atoms with Crippen LogP contribution in [0.4, 0.5) is 0 Å². The van der Waals surface area contributed by atoms with E-state index in [2.05, 4.69) is 4.74 Å². The molecule has 1 amide bonds.